The fourth-order valence-corrected chi connectivity index (χ4v) is 0.429. The molecule has 0 aliphatic heterocycles. The number of carbonyl (C=O) groups is 2. The van der Waals surface area contributed by atoms with Gasteiger partial charge in [-0.25, -0.2) is 9.59 Å². The molecule has 11 heavy (non-hydrogen) atoms. The molecule has 0 aliphatic rings. The van der Waals surface area contributed by atoms with Crippen molar-refractivity contribution in [3.63, 3.8) is 0 Å². The second kappa shape index (κ2) is 4.68. The van der Waals surface area contributed by atoms with E-state index in [1.54, 1.807) is 6.92 Å². The minimum absolute atomic E-state index is 0.118. The Morgan fingerprint density at radius 2 is 2.00 bits per heavy atom. The van der Waals surface area contributed by atoms with Crippen molar-refractivity contribution in [3.05, 3.63) is 0 Å². The highest BCUT2D eigenvalue weighted by molar-refractivity contribution is 5.97. The molecule has 1 unspecified atom stereocenters. The van der Waals surface area contributed by atoms with E-state index in [1.807, 2.05) is 0 Å². The highest BCUT2D eigenvalue weighted by Crippen LogP contribution is 1.90. The van der Waals surface area contributed by atoms with Gasteiger partial charge in [0.25, 0.3) is 0 Å². The first-order valence-electron chi connectivity index (χ1n) is 3.06. The van der Waals surface area contributed by atoms with Gasteiger partial charge in [0.15, 0.2) is 0 Å². The topological polar surface area (TPSA) is 72.8 Å². The van der Waals surface area contributed by atoms with Gasteiger partial charge >= 0.3 is 11.9 Å². The number of rotatable bonds is 3. The van der Waals surface area contributed by atoms with E-state index in [-0.39, 0.29) is 6.61 Å². The van der Waals surface area contributed by atoms with Crippen LogP contribution in [-0.4, -0.2) is 36.9 Å². The molecule has 0 heterocycles. The van der Waals surface area contributed by atoms with Crippen LogP contribution in [0.5, 0.6) is 0 Å². The van der Waals surface area contributed by atoms with Crippen LogP contribution in [0.15, 0.2) is 0 Å². The summed E-state index contributed by atoms with van der Waals surface area (Å²) in [5.74, 6) is -2.00. The van der Waals surface area contributed by atoms with Gasteiger partial charge in [0.2, 0.25) is 6.10 Å². The van der Waals surface area contributed by atoms with Crippen LogP contribution in [-0.2, 0) is 19.1 Å². The van der Waals surface area contributed by atoms with Crippen LogP contribution in [0, 0.1) is 0 Å². The van der Waals surface area contributed by atoms with E-state index >= 15 is 0 Å². The molecule has 0 fully saturated rings. The van der Waals surface area contributed by atoms with Crippen molar-refractivity contribution in [2.45, 2.75) is 13.0 Å². The van der Waals surface area contributed by atoms with Crippen LogP contribution in [0.25, 0.3) is 0 Å². The maximum absolute atomic E-state index is 10.6. The molecule has 0 saturated carbocycles. The molecule has 0 rings (SSSR count). The van der Waals surface area contributed by atoms with Crippen LogP contribution in [0.4, 0.5) is 0 Å². The summed E-state index contributed by atoms with van der Waals surface area (Å²) in [5.41, 5.74) is 0. The average molecular weight is 162 g/mol. The lowest BCUT2D eigenvalue weighted by Gasteiger charge is -2.05. The summed E-state index contributed by atoms with van der Waals surface area (Å²) >= 11 is 0. The third kappa shape index (κ3) is 2.99. The van der Waals surface area contributed by atoms with Crippen molar-refractivity contribution >= 4 is 11.9 Å². The fourth-order valence-electron chi connectivity index (χ4n) is 0.429. The summed E-state index contributed by atoms with van der Waals surface area (Å²) < 4.78 is 8.43. The Morgan fingerprint density at radius 3 is 2.36 bits per heavy atom. The van der Waals surface area contributed by atoms with Crippen LogP contribution in [0.2, 0.25) is 0 Å². The first kappa shape index (κ1) is 9.90. The molecule has 5 heteroatoms. The molecule has 1 N–H and O–H groups in total. The number of aliphatic hydroxyl groups excluding tert-OH is 1. The third-order valence-corrected chi connectivity index (χ3v) is 0.934. The predicted octanol–water partition coefficient (Wildman–Crippen LogP) is -0.917. The van der Waals surface area contributed by atoms with Gasteiger partial charge in [-0.3, -0.25) is 0 Å². The van der Waals surface area contributed by atoms with Crippen molar-refractivity contribution in [1.29, 1.82) is 0 Å². The zero-order valence-electron chi connectivity index (χ0n) is 6.36. The number of methoxy groups -OCH3 is 1. The van der Waals surface area contributed by atoms with Crippen molar-refractivity contribution in [2.75, 3.05) is 13.7 Å². The molecule has 0 bridgehead atoms. The lowest BCUT2D eigenvalue weighted by atomic mass is 10.4. The largest absolute Gasteiger partial charge is 0.467 e. The summed E-state index contributed by atoms with van der Waals surface area (Å²) in [6.07, 6.45) is -1.82. The van der Waals surface area contributed by atoms with E-state index in [0.29, 0.717) is 0 Å². The maximum atomic E-state index is 10.6. The minimum atomic E-state index is -1.82. The molecule has 64 valence electrons. The van der Waals surface area contributed by atoms with Gasteiger partial charge in [0, 0.05) is 0 Å². The molecule has 0 aromatic rings. The maximum Gasteiger partial charge on any atom is 0.346 e. The number of carbonyl (C=O) groups excluding carboxylic acids is 2. The highest BCUT2D eigenvalue weighted by Gasteiger charge is 2.25. The molecule has 0 saturated heterocycles. The molecule has 5 nitrogen and oxygen atoms in total. The Morgan fingerprint density at radius 1 is 1.45 bits per heavy atom. The monoisotopic (exact) mass is 162 g/mol. The normalized spacial score (nSPS) is 11.9. The third-order valence-electron chi connectivity index (χ3n) is 0.934. The molecule has 0 aromatic carbocycles. The summed E-state index contributed by atoms with van der Waals surface area (Å²) in [6, 6.07) is 0. The van der Waals surface area contributed by atoms with E-state index in [9.17, 15) is 9.59 Å². The van der Waals surface area contributed by atoms with E-state index in [0.717, 1.165) is 7.11 Å². The summed E-state index contributed by atoms with van der Waals surface area (Å²) in [5, 5.41) is 8.77. The van der Waals surface area contributed by atoms with E-state index in [4.69, 9.17) is 5.11 Å². The van der Waals surface area contributed by atoms with Crippen molar-refractivity contribution in [1.82, 2.24) is 0 Å². The molecular weight excluding hydrogens is 152 g/mol. The SMILES string of the molecule is CCOC(=O)C(O)C(=O)OC. The lowest BCUT2D eigenvalue weighted by molar-refractivity contribution is -0.166. The van der Waals surface area contributed by atoms with E-state index in [1.165, 1.54) is 0 Å². The molecule has 1 atom stereocenters. The first-order valence-corrected chi connectivity index (χ1v) is 3.06. The number of hydrogen-bond donors (Lipinski definition) is 1. The van der Waals surface area contributed by atoms with E-state index < -0.39 is 18.0 Å². The molecule has 0 aliphatic carbocycles. The number of hydrogen-bond acceptors (Lipinski definition) is 5. The molecule has 0 aromatic heterocycles. The smallest absolute Gasteiger partial charge is 0.346 e. The summed E-state index contributed by atoms with van der Waals surface area (Å²) in [4.78, 5) is 21.0. The van der Waals surface area contributed by atoms with Crippen molar-refractivity contribution < 1.29 is 24.2 Å². The van der Waals surface area contributed by atoms with Crippen LogP contribution in [0.3, 0.4) is 0 Å². The van der Waals surface area contributed by atoms with Gasteiger partial charge in [-0.2, -0.15) is 0 Å². The first-order chi connectivity index (χ1) is 5.13. The Bertz CT molecular complexity index is 153. The standard InChI is InChI=1S/C6H10O5/c1-3-11-6(9)4(7)5(8)10-2/h4,7H,3H2,1-2H3. The van der Waals surface area contributed by atoms with Gasteiger partial charge in [-0.15, -0.1) is 0 Å². The van der Waals surface area contributed by atoms with Crippen LogP contribution < -0.4 is 0 Å². The molecule has 0 spiro atoms. The quantitative estimate of drug-likeness (QED) is 0.429. The predicted molar refractivity (Wildman–Crippen MR) is 34.7 cm³/mol. The Labute approximate surface area is 63.9 Å². The molecular formula is C6H10O5. The van der Waals surface area contributed by atoms with Crippen LogP contribution >= 0.6 is 0 Å². The Balaban J connectivity index is 3.91. The number of ether oxygens (including phenoxy) is 2. The van der Waals surface area contributed by atoms with Crippen molar-refractivity contribution in [3.8, 4) is 0 Å². The van der Waals surface area contributed by atoms with Gasteiger partial charge in [-0.1, -0.05) is 0 Å². The van der Waals surface area contributed by atoms with E-state index in [2.05, 4.69) is 9.47 Å². The Hall–Kier alpha value is -1.10. The second-order valence-electron chi connectivity index (χ2n) is 1.68. The highest BCUT2D eigenvalue weighted by atomic mass is 16.6. The van der Waals surface area contributed by atoms with Crippen LogP contribution in [0.1, 0.15) is 6.92 Å². The van der Waals surface area contributed by atoms with Gasteiger partial charge in [0.05, 0.1) is 13.7 Å². The minimum Gasteiger partial charge on any atom is -0.467 e. The zero-order chi connectivity index (χ0) is 8.85. The van der Waals surface area contributed by atoms with Gasteiger partial charge in [0.1, 0.15) is 0 Å². The number of aliphatic hydroxyl groups is 1. The summed E-state index contributed by atoms with van der Waals surface area (Å²) in [7, 11) is 1.07. The Kier molecular flexibility index (Phi) is 4.21. The summed E-state index contributed by atoms with van der Waals surface area (Å²) in [6.45, 7) is 1.69. The second-order valence-corrected chi connectivity index (χ2v) is 1.68. The molecule has 0 radical (unpaired) electrons. The number of esters is 2. The molecule has 0 amide bonds. The van der Waals surface area contributed by atoms with Gasteiger partial charge < -0.3 is 14.6 Å². The average Bonchev–Trinajstić information content (AvgIpc) is 2.02. The lowest BCUT2D eigenvalue weighted by Crippen LogP contribution is -2.32. The fraction of sp³-hybridized carbons (Fsp3) is 0.667. The van der Waals surface area contributed by atoms with Gasteiger partial charge in [-0.05, 0) is 6.92 Å². The van der Waals surface area contributed by atoms with Crippen molar-refractivity contribution in [2.24, 2.45) is 0 Å². The zero-order valence-corrected chi connectivity index (χ0v) is 6.36.